The lowest BCUT2D eigenvalue weighted by Crippen LogP contribution is -1.83. The molecule has 0 aliphatic carbocycles. The second kappa shape index (κ2) is 7.82. The van der Waals surface area contributed by atoms with Crippen LogP contribution in [0.5, 0.6) is 0 Å². The van der Waals surface area contributed by atoms with Crippen LogP contribution in [0.3, 0.4) is 0 Å². The van der Waals surface area contributed by atoms with Crippen molar-refractivity contribution < 1.29 is 0 Å². The molecule has 0 aliphatic heterocycles. The van der Waals surface area contributed by atoms with Crippen LogP contribution in [-0.4, -0.2) is 4.98 Å². The van der Waals surface area contributed by atoms with E-state index < -0.39 is 0 Å². The quantitative estimate of drug-likeness (QED) is 0.246. The van der Waals surface area contributed by atoms with Gasteiger partial charge in [-0.25, -0.2) is 0 Å². The minimum atomic E-state index is 0.715. The number of nitrogens with one attached hydrogen (secondary N) is 1. The highest BCUT2D eigenvalue weighted by Crippen LogP contribution is 2.41. The number of nitrogens with zero attached hydrogens (tertiary/aromatic N) is 1. The van der Waals surface area contributed by atoms with E-state index in [-0.39, 0.29) is 0 Å². The van der Waals surface area contributed by atoms with E-state index in [4.69, 9.17) is 5.26 Å². The summed E-state index contributed by atoms with van der Waals surface area (Å²) in [6, 6.07) is 41.7. The van der Waals surface area contributed by atoms with Crippen molar-refractivity contribution in [3.63, 3.8) is 0 Å². The van der Waals surface area contributed by atoms with Gasteiger partial charge < -0.3 is 4.98 Å². The monoisotopic (exact) mass is 420 g/mol. The highest BCUT2D eigenvalue weighted by molar-refractivity contribution is 6.36. The van der Waals surface area contributed by atoms with E-state index in [0.29, 0.717) is 5.56 Å². The highest BCUT2D eigenvalue weighted by atomic mass is 14.7. The van der Waals surface area contributed by atoms with Crippen molar-refractivity contribution >= 4 is 54.1 Å². The zero-order chi connectivity index (χ0) is 22.2. The van der Waals surface area contributed by atoms with Crippen molar-refractivity contribution in [1.82, 2.24) is 4.98 Å². The molecule has 0 saturated carbocycles. The number of para-hydroxylation sites is 1. The molecule has 2 heteroatoms. The summed E-state index contributed by atoms with van der Waals surface area (Å²) in [7, 11) is 0. The third kappa shape index (κ3) is 3.11. The lowest BCUT2D eigenvalue weighted by atomic mass is 9.93. The average Bonchev–Trinajstić information content (AvgIpc) is 3.29. The molecule has 154 valence electrons. The number of hydrogen-bond acceptors (Lipinski definition) is 1. The first kappa shape index (κ1) is 19.1. The fourth-order valence-electron chi connectivity index (χ4n) is 4.82. The van der Waals surface area contributed by atoms with Gasteiger partial charge in [0.1, 0.15) is 0 Å². The van der Waals surface area contributed by atoms with Crippen molar-refractivity contribution in [2.75, 3.05) is 0 Å². The molecular weight excluding hydrogens is 400 g/mol. The normalized spacial score (nSPS) is 11.0. The van der Waals surface area contributed by atoms with Crippen LogP contribution in [0.4, 0.5) is 0 Å². The van der Waals surface area contributed by atoms with Gasteiger partial charge in [0, 0.05) is 27.1 Å². The Balaban J connectivity index is 0.000000221. The molecule has 1 heterocycles. The van der Waals surface area contributed by atoms with Gasteiger partial charge in [0.25, 0.3) is 0 Å². The van der Waals surface area contributed by atoms with E-state index in [0.717, 1.165) is 0 Å². The molecule has 7 rings (SSSR count). The molecule has 0 unspecified atom stereocenters. The lowest BCUT2D eigenvalue weighted by Gasteiger charge is -2.10. The van der Waals surface area contributed by atoms with Crippen LogP contribution in [-0.2, 0) is 0 Å². The van der Waals surface area contributed by atoms with E-state index in [9.17, 15) is 0 Å². The van der Waals surface area contributed by atoms with Crippen molar-refractivity contribution in [3.05, 3.63) is 121 Å². The Labute approximate surface area is 191 Å². The molecular formula is C31H20N2. The van der Waals surface area contributed by atoms with Crippen LogP contribution in [0.25, 0.3) is 54.1 Å². The first-order valence-corrected chi connectivity index (χ1v) is 11.0. The summed E-state index contributed by atoms with van der Waals surface area (Å²) in [6.07, 6.45) is 0. The van der Waals surface area contributed by atoms with Crippen LogP contribution in [0.2, 0.25) is 0 Å². The smallest absolute Gasteiger partial charge is 0.0991 e. The number of rotatable bonds is 0. The van der Waals surface area contributed by atoms with Gasteiger partial charge in [-0.1, -0.05) is 97.1 Å². The Morgan fingerprint density at radius 3 is 1.88 bits per heavy atom. The van der Waals surface area contributed by atoms with Crippen molar-refractivity contribution in [2.24, 2.45) is 0 Å². The Kier molecular flexibility index (Phi) is 4.53. The molecule has 0 radical (unpaired) electrons. The van der Waals surface area contributed by atoms with Crippen molar-refractivity contribution in [1.29, 1.82) is 5.26 Å². The highest BCUT2D eigenvalue weighted by Gasteiger charge is 2.15. The maximum Gasteiger partial charge on any atom is 0.0991 e. The molecule has 0 spiro atoms. The van der Waals surface area contributed by atoms with Crippen LogP contribution in [0, 0.1) is 11.3 Å². The number of H-pyrrole nitrogens is 1. The summed E-state index contributed by atoms with van der Waals surface area (Å²) in [5, 5.41) is 18.8. The second-order valence-electron chi connectivity index (χ2n) is 8.15. The molecule has 0 saturated heterocycles. The third-order valence-electron chi connectivity index (χ3n) is 6.27. The molecule has 0 bridgehead atoms. The summed E-state index contributed by atoms with van der Waals surface area (Å²) in [5.41, 5.74) is 3.15. The molecule has 0 fully saturated rings. The van der Waals surface area contributed by atoms with Gasteiger partial charge in [0.2, 0.25) is 0 Å². The summed E-state index contributed by atoms with van der Waals surface area (Å²) in [6.45, 7) is 0. The Bertz CT molecular complexity index is 1820. The van der Waals surface area contributed by atoms with Crippen LogP contribution < -0.4 is 0 Å². The summed E-state index contributed by atoms with van der Waals surface area (Å²) in [4.78, 5) is 3.68. The molecule has 0 aliphatic rings. The van der Waals surface area contributed by atoms with Gasteiger partial charge in [-0.05, 0) is 39.7 Å². The van der Waals surface area contributed by atoms with Crippen molar-refractivity contribution in [2.45, 2.75) is 0 Å². The zero-order valence-corrected chi connectivity index (χ0v) is 17.9. The predicted octanol–water partition coefficient (Wildman–Crippen LogP) is 8.34. The average molecular weight is 421 g/mol. The van der Waals surface area contributed by atoms with Gasteiger partial charge >= 0.3 is 0 Å². The lowest BCUT2D eigenvalue weighted by molar-refractivity contribution is 1.49. The number of aromatic nitrogens is 1. The molecule has 0 atom stereocenters. The van der Waals surface area contributed by atoms with E-state index >= 15 is 0 Å². The van der Waals surface area contributed by atoms with Gasteiger partial charge in [0.05, 0.1) is 17.1 Å². The van der Waals surface area contributed by atoms with Crippen molar-refractivity contribution in [3.8, 4) is 6.07 Å². The molecule has 2 nitrogen and oxygen atoms in total. The Morgan fingerprint density at radius 1 is 0.485 bits per heavy atom. The number of fused-ring (bicyclic) bond motifs is 10. The first-order chi connectivity index (χ1) is 16.3. The van der Waals surface area contributed by atoms with Crippen LogP contribution >= 0.6 is 0 Å². The molecule has 1 aromatic heterocycles. The molecule has 6 aromatic carbocycles. The molecule has 1 N–H and O–H groups in total. The maximum absolute atomic E-state index is 8.29. The molecule has 0 amide bonds. The minimum Gasteiger partial charge on any atom is -0.354 e. The third-order valence-corrected chi connectivity index (χ3v) is 6.27. The Morgan fingerprint density at radius 2 is 1.12 bits per heavy atom. The van der Waals surface area contributed by atoms with Gasteiger partial charge in [-0.2, -0.15) is 5.26 Å². The number of hydrogen-bond donors (Lipinski definition) is 1. The number of aromatic amines is 1. The fourth-order valence-corrected chi connectivity index (χ4v) is 4.82. The second-order valence-corrected chi connectivity index (χ2v) is 8.15. The van der Waals surface area contributed by atoms with Gasteiger partial charge in [-0.15, -0.1) is 0 Å². The summed E-state index contributed by atoms with van der Waals surface area (Å²) in [5.74, 6) is 0. The van der Waals surface area contributed by atoms with Crippen LogP contribution in [0.1, 0.15) is 5.56 Å². The molecule has 7 aromatic rings. The molecule has 33 heavy (non-hydrogen) atoms. The van der Waals surface area contributed by atoms with Gasteiger partial charge in [-0.3, -0.25) is 0 Å². The standard InChI is InChI=1S/C24H15N.C7H5N/c1-2-8-16-15(7-1)13-14-18-17-9-3-4-10-19(17)24-23(22(16)18)20-11-5-6-12-21(20)25-24;8-6-7-4-2-1-3-5-7/h1-14,25H;1-5H. The first-order valence-electron chi connectivity index (χ1n) is 11.0. The summed E-state index contributed by atoms with van der Waals surface area (Å²) < 4.78 is 0. The Hall–Kier alpha value is -4.61. The van der Waals surface area contributed by atoms with Gasteiger partial charge in [0.15, 0.2) is 0 Å². The minimum absolute atomic E-state index is 0.715. The number of benzene rings is 6. The van der Waals surface area contributed by atoms with E-state index in [1.807, 2.05) is 24.3 Å². The van der Waals surface area contributed by atoms with E-state index in [1.165, 1.54) is 54.1 Å². The SMILES string of the molecule is N#Cc1ccccc1.c1ccc2c(c1)ccc1c3ccccc3c3[nH]c4ccccc4c3c21. The maximum atomic E-state index is 8.29. The summed E-state index contributed by atoms with van der Waals surface area (Å²) >= 11 is 0. The predicted molar refractivity (Wildman–Crippen MR) is 139 cm³/mol. The van der Waals surface area contributed by atoms with E-state index in [2.05, 4.69) is 89.9 Å². The fraction of sp³-hybridized carbons (Fsp3) is 0. The zero-order valence-electron chi connectivity index (χ0n) is 17.9. The number of nitriles is 1. The largest absolute Gasteiger partial charge is 0.354 e. The topological polar surface area (TPSA) is 39.6 Å². The van der Waals surface area contributed by atoms with E-state index in [1.54, 1.807) is 12.1 Å². The van der Waals surface area contributed by atoms with Crippen LogP contribution in [0.15, 0.2) is 115 Å².